The number of benzene rings is 1. The maximum atomic E-state index is 12.3. The molecule has 0 aromatic heterocycles. The number of aliphatic carboxylic acids is 1. The predicted octanol–water partition coefficient (Wildman–Crippen LogP) is 3.25. The molecule has 4 heteroatoms. The van der Waals surface area contributed by atoms with Crippen LogP contribution in [-0.2, 0) is 9.59 Å². The van der Waals surface area contributed by atoms with Gasteiger partial charge >= 0.3 is 5.97 Å². The first-order valence-corrected chi connectivity index (χ1v) is 8.10. The van der Waals surface area contributed by atoms with E-state index in [4.69, 9.17) is 0 Å². The summed E-state index contributed by atoms with van der Waals surface area (Å²) in [5, 5.41) is 12.1. The lowest BCUT2D eigenvalue weighted by atomic mass is 9.92. The van der Waals surface area contributed by atoms with Gasteiger partial charge in [-0.2, -0.15) is 0 Å². The van der Waals surface area contributed by atoms with Gasteiger partial charge in [-0.15, -0.1) is 0 Å². The number of carboxylic acids is 1. The lowest BCUT2D eigenvalue weighted by Crippen LogP contribution is -2.40. The number of nitrogens with one attached hydrogen (secondary N) is 1. The fourth-order valence-electron chi connectivity index (χ4n) is 3.25. The van der Waals surface area contributed by atoms with E-state index in [1.54, 1.807) is 0 Å². The molecule has 120 valence electrons. The van der Waals surface area contributed by atoms with Crippen molar-refractivity contribution in [3.63, 3.8) is 0 Å². The number of carboxylic acid groups (broad SMARTS) is 1. The van der Waals surface area contributed by atoms with E-state index in [0.29, 0.717) is 12.8 Å². The Morgan fingerprint density at radius 1 is 1.27 bits per heavy atom. The van der Waals surface area contributed by atoms with Crippen LogP contribution in [0.5, 0.6) is 0 Å². The maximum absolute atomic E-state index is 12.3. The van der Waals surface area contributed by atoms with Crippen molar-refractivity contribution >= 4 is 11.9 Å². The van der Waals surface area contributed by atoms with Crippen LogP contribution < -0.4 is 5.32 Å². The summed E-state index contributed by atoms with van der Waals surface area (Å²) in [5.74, 6) is -1.08. The highest BCUT2D eigenvalue weighted by atomic mass is 16.4. The molecule has 0 aliphatic heterocycles. The first-order valence-electron chi connectivity index (χ1n) is 8.10. The van der Waals surface area contributed by atoms with Crippen molar-refractivity contribution in [1.82, 2.24) is 5.32 Å². The van der Waals surface area contributed by atoms with Crippen molar-refractivity contribution in [2.75, 3.05) is 0 Å². The fraction of sp³-hybridized carbons (Fsp3) is 0.556. The van der Waals surface area contributed by atoms with Crippen molar-refractivity contribution in [3.05, 3.63) is 35.4 Å². The maximum Gasteiger partial charge on any atom is 0.308 e. The molecule has 3 atom stereocenters. The molecule has 1 aliphatic rings. The molecule has 2 N–H and O–H groups in total. The normalized spacial score (nSPS) is 22.3. The number of carbonyl (C=O) groups is 2. The molecule has 4 nitrogen and oxygen atoms in total. The Balaban J connectivity index is 1.95. The first-order chi connectivity index (χ1) is 10.5. The second-order valence-corrected chi connectivity index (χ2v) is 6.27. The van der Waals surface area contributed by atoms with E-state index in [9.17, 15) is 14.7 Å². The second kappa shape index (κ2) is 7.43. The topological polar surface area (TPSA) is 66.4 Å². The molecule has 0 saturated heterocycles. The Morgan fingerprint density at radius 2 is 1.95 bits per heavy atom. The lowest BCUT2D eigenvalue weighted by Gasteiger charge is -2.20. The van der Waals surface area contributed by atoms with Gasteiger partial charge < -0.3 is 10.4 Å². The lowest BCUT2D eigenvalue weighted by molar-refractivity contribution is -0.142. The molecule has 1 unspecified atom stereocenters. The molecule has 1 aromatic rings. The fourth-order valence-corrected chi connectivity index (χ4v) is 3.25. The van der Waals surface area contributed by atoms with Gasteiger partial charge in [-0.25, -0.2) is 0 Å². The van der Waals surface area contributed by atoms with Crippen LogP contribution in [0.15, 0.2) is 24.3 Å². The molecular formula is C18H25NO3. The van der Waals surface area contributed by atoms with Crippen LogP contribution in [0.1, 0.15) is 56.1 Å². The molecule has 0 bridgehead atoms. The number of amides is 1. The summed E-state index contributed by atoms with van der Waals surface area (Å²) >= 11 is 0. The van der Waals surface area contributed by atoms with Gasteiger partial charge in [0.2, 0.25) is 5.91 Å². The van der Waals surface area contributed by atoms with Crippen LogP contribution in [0.4, 0.5) is 0 Å². The smallest absolute Gasteiger partial charge is 0.308 e. The third kappa shape index (κ3) is 4.09. The number of carbonyl (C=O) groups excluding carboxylic acids is 1. The van der Waals surface area contributed by atoms with Crippen molar-refractivity contribution in [3.8, 4) is 0 Å². The van der Waals surface area contributed by atoms with Crippen molar-refractivity contribution < 1.29 is 14.7 Å². The van der Waals surface area contributed by atoms with Gasteiger partial charge in [0.15, 0.2) is 0 Å². The average Bonchev–Trinajstić information content (AvgIpc) is 2.94. The molecule has 1 aliphatic carbocycles. The van der Waals surface area contributed by atoms with Gasteiger partial charge in [0.05, 0.1) is 5.92 Å². The highest BCUT2D eigenvalue weighted by molar-refractivity contribution is 5.79. The van der Waals surface area contributed by atoms with Gasteiger partial charge in [0.25, 0.3) is 0 Å². The Labute approximate surface area is 131 Å². The number of aryl methyl sites for hydroxylation is 1. The molecule has 1 fully saturated rings. The van der Waals surface area contributed by atoms with Crippen LogP contribution in [0.2, 0.25) is 0 Å². The zero-order valence-electron chi connectivity index (χ0n) is 13.3. The molecule has 2 rings (SSSR count). The molecular weight excluding hydrogens is 278 g/mol. The minimum Gasteiger partial charge on any atom is -0.481 e. The third-order valence-electron chi connectivity index (χ3n) is 4.65. The summed E-state index contributed by atoms with van der Waals surface area (Å²) < 4.78 is 0. The average molecular weight is 303 g/mol. The van der Waals surface area contributed by atoms with E-state index < -0.39 is 11.9 Å². The predicted molar refractivity (Wildman–Crippen MR) is 85.7 cm³/mol. The summed E-state index contributed by atoms with van der Waals surface area (Å²) in [6.07, 6.45) is 3.61. The van der Waals surface area contributed by atoms with Crippen LogP contribution in [-0.4, -0.2) is 23.0 Å². The van der Waals surface area contributed by atoms with Crippen molar-refractivity contribution in [2.24, 2.45) is 5.92 Å². The van der Waals surface area contributed by atoms with E-state index in [2.05, 4.69) is 36.5 Å². The molecule has 0 radical (unpaired) electrons. The zero-order valence-corrected chi connectivity index (χ0v) is 13.3. The molecule has 0 heterocycles. The van der Waals surface area contributed by atoms with Gasteiger partial charge in [-0.05, 0) is 37.7 Å². The van der Waals surface area contributed by atoms with Crippen molar-refractivity contribution in [2.45, 2.75) is 57.9 Å². The standard InChI is InChI=1S/C18H25NO3/c1-3-13(14-9-7-12(2)8-10-14)11-17(20)19-16-6-4-5-15(16)18(21)22/h7-10,13,15-16H,3-6,11H2,1-2H3,(H,19,20)(H,21,22)/t13?,15-,16+/m0/s1. The molecule has 1 saturated carbocycles. The summed E-state index contributed by atoms with van der Waals surface area (Å²) in [5.41, 5.74) is 2.38. The SMILES string of the molecule is CCC(CC(=O)N[C@@H]1CCC[C@@H]1C(=O)O)c1ccc(C)cc1. The van der Waals surface area contributed by atoms with E-state index in [1.807, 2.05) is 6.92 Å². The first kappa shape index (κ1) is 16.5. The Hall–Kier alpha value is -1.84. The Kier molecular flexibility index (Phi) is 5.58. The zero-order chi connectivity index (χ0) is 16.1. The van der Waals surface area contributed by atoms with E-state index in [0.717, 1.165) is 19.3 Å². The van der Waals surface area contributed by atoms with Gasteiger partial charge in [-0.1, -0.05) is 43.2 Å². The minimum atomic E-state index is -0.798. The van der Waals surface area contributed by atoms with Crippen LogP contribution in [0, 0.1) is 12.8 Å². The van der Waals surface area contributed by atoms with Gasteiger partial charge in [-0.3, -0.25) is 9.59 Å². The van der Waals surface area contributed by atoms with Crippen LogP contribution >= 0.6 is 0 Å². The number of rotatable bonds is 6. The highest BCUT2D eigenvalue weighted by Crippen LogP contribution is 2.27. The Morgan fingerprint density at radius 3 is 2.55 bits per heavy atom. The van der Waals surface area contributed by atoms with E-state index >= 15 is 0 Å². The largest absolute Gasteiger partial charge is 0.481 e. The summed E-state index contributed by atoms with van der Waals surface area (Å²) in [4.78, 5) is 23.4. The Bertz CT molecular complexity index is 524. The van der Waals surface area contributed by atoms with Crippen LogP contribution in [0.25, 0.3) is 0 Å². The number of hydrogen-bond acceptors (Lipinski definition) is 2. The molecule has 1 amide bonds. The third-order valence-corrected chi connectivity index (χ3v) is 4.65. The van der Waals surface area contributed by atoms with E-state index in [1.165, 1.54) is 11.1 Å². The second-order valence-electron chi connectivity index (χ2n) is 6.27. The summed E-state index contributed by atoms with van der Waals surface area (Å²) in [7, 11) is 0. The quantitative estimate of drug-likeness (QED) is 0.847. The van der Waals surface area contributed by atoms with Gasteiger partial charge in [0, 0.05) is 12.5 Å². The molecule has 22 heavy (non-hydrogen) atoms. The van der Waals surface area contributed by atoms with Crippen LogP contribution in [0.3, 0.4) is 0 Å². The minimum absolute atomic E-state index is 0.0365. The summed E-state index contributed by atoms with van der Waals surface area (Å²) in [6.45, 7) is 4.12. The molecule has 1 aromatic carbocycles. The highest BCUT2D eigenvalue weighted by Gasteiger charge is 2.34. The van der Waals surface area contributed by atoms with Gasteiger partial charge in [0.1, 0.15) is 0 Å². The number of hydrogen-bond donors (Lipinski definition) is 2. The molecule has 0 spiro atoms. The van der Waals surface area contributed by atoms with E-state index in [-0.39, 0.29) is 17.9 Å². The summed E-state index contributed by atoms with van der Waals surface area (Å²) in [6, 6.07) is 8.07. The monoisotopic (exact) mass is 303 g/mol. The van der Waals surface area contributed by atoms with Crippen molar-refractivity contribution in [1.29, 1.82) is 0 Å².